The van der Waals surface area contributed by atoms with Crippen LogP contribution >= 0.6 is 11.6 Å². The van der Waals surface area contributed by atoms with Crippen molar-refractivity contribution in [3.8, 4) is 6.08 Å². The highest BCUT2D eigenvalue weighted by Gasteiger charge is 2.09. The highest BCUT2D eigenvalue weighted by molar-refractivity contribution is 6.30. The van der Waals surface area contributed by atoms with Gasteiger partial charge in [0.2, 0.25) is 0 Å². The van der Waals surface area contributed by atoms with Crippen molar-refractivity contribution in [3.05, 3.63) is 23.8 Å². The number of aromatic nitrogens is 1. The molecule has 1 heterocycles. The first-order chi connectivity index (χ1) is 7.24. The minimum atomic E-state index is -0.145. The normalized spacial score (nSPS) is 10.5. The molecule has 0 atom stereocenters. The summed E-state index contributed by atoms with van der Waals surface area (Å²) in [5.41, 5.74) is 1.68. The molecular weight excluding hydrogens is 218 g/mol. The van der Waals surface area contributed by atoms with Crippen LogP contribution in [0.5, 0.6) is 6.08 Å². The zero-order chi connectivity index (χ0) is 10.8. The standard InChI is InChI=1S/C10H8ClNO3/c1-14-10-12-7-3-2-6(8(13)5-11)4-9(7)15-10/h2-4H,5H2,1H3. The number of fused-ring (bicyclic) bond motifs is 1. The van der Waals surface area contributed by atoms with Gasteiger partial charge in [0, 0.05) is 5.56 Å². The van der Waals surface area contributed by atoms with Crippen molar-refractivity contribution in [2.45, 2.75) is 0 Å². The maximum Gasteiger partial charge on any atom is 0.394 e. The second kappa shape index (κ2) is 3.90. The molecule has 0 bridgehead atoms. The average molecular weight is 226 g/mol. The largest absolute Gasteiger partial charge is 0.453 e. The van der Waals surface area contributed by atoms with Gasteiger partial charge in [-0.3, -0.25) is 4.79 Å². The van der Waals surface area contributed by atoms with E-state index in [2.05, 4.69) is 4.98 Å². The first-order valence-electron chi connectivity index (χ1n) is 4.28. The van der Waals surface area contributed by atoms with Crippen LogP contribution < -0.4 is 4.74 Å². The smallest absolute Gasteiger partial charge is 0.394 e. The van der Waals surface area contributed by atoms with E-state index in [0.717, 1.165) is 0 Å². The van der Waals surface area contributed by atoms with E-state index in [9.17, 15) is 4.79 Å². The second-order valence-corrected chi connectivity index (χ2v) is 3.19. The lowest BCUT2D eigenvalue weighted by atomic mass is 10.1. The quantitative estimate of drug-likeness (QED) is 0.594. The fourth-order valence-corrected chi connectivity index (χ4v) is 1.40. The molecule has 0 saturated heterocycles. The van der Waals surface area contributed by atoms with Crippen LogP contribution in [0.4, 0.5) is 0 Å². The van der Waals surface area contributed by atoms with E-state index in [0.29, 0.717) is 16.7 Å². The number of carbonyl (C=O) groups is 1. The van der Waals surface area contributed by atoms with Crippen LogP contribution in [0, 0.1) is 0 Å². The molecule has 0 radical (unpaired) electrons. The number of hydrogen-bond donors (Lipinski definition) is 0. The molecule has 0 N–H and O–H groups in total. The third-order valence-corrected chi connectivity index (χ3v) is 2.23. The van der Waals surface area contributed by atoms with Crippen molar-refractivity contribution in [2.24, 2.45) is 0 Å². The lowest BCUT2D eigenvalue weighted by Crippen LogP contribution is -1.99. The van der Waals surface area contributed by atoms with Crippen molar-refractivity contribution in [3.63, 3.8) is 0 Å². The van der Waals surface area contributed by atoms with Crippen LogP contribution in [0.15, 0.2) is 22.6 Å². The fraction of sp³-hybridized carbons (Fsp3) is 0.200. The average Bonchev–Trinajstić information content (AvgIpc) is 2.69. The Bertz CT molecular complexity index is 506. The number of benzene rings is 1. The molecule has 0 aliphatic rings. The number of carbonyl (C=O) groups excluding carboxylic acids is 1. The number of Topliss-reactive ketones (excluding diaryl/α,β-unsaturated/α-hetero) is 1. The summed E-state index contributed by atoms with van der Waals surface area (Å²) in [6, 6.07) is 4.96. The number of hydrogen-bond acceptors (Lipinski definition) is 4. The first-order valence-corrected chi connectivity index (χ1v) is 4.82. The fourth-order valence-electron chi connectivity index (χ4n) is 1.24. The number of ketones is 1. The lowest BCUT2D eigenvalue weighted by molar-refractivity contribution is 0.102. The van der Waals surface area contributed by atoms with E-state index in [1.54, 1.807) is 18.2 Å². The molecule has 1 aromatic heterocycles. The van der Waals surface area contributed by atoms with Gasteiger partial charge >= 0.3 is 6.08 Å². The zero-order valence-corrected chi connectivity index (χ0v) is 8.75. The summed E-state index contributed by atoms with van der Waals surface area (Å²) in [5, 5.41) is 0. The van der Waals surface area contributed by atoms with E-state index in [1.807, 2.05) is 0 Å². The van der Waals surface area contributed by atoms with Gasteiger partial charge in [-0.15, -0.1) is 11.6 Å². The number of rotatable bonds is 3. The maximum absolute atomic E-state index is 11.3. The molecule has 15 heavy (non-hydrogen) atoms. The van der Waals surface area contributed by atoms with Crippen LogP contribution in [-0.2, 0) is 0 Å². The number of methoxy groups -OCH3 is 1. The molecule has 1 aromatic carbocycles. The lowest BCUT2D eigenvalue weighted by Gasteiger charge is -1.94. The molecule has 2 rings (SSSR count). The van der Waals surface area contributed by atoms with Gasteiger partial charge in [-0.25, -0.2) is 0 Å². The Morgan fingerprint density at radius 1 is 1.60 bits per heavy atom. The van der Waals surface area contributed by atoms with Crippen molar-refractivity contribution in [1.29, 1.82) is 0 Å². The van der Waals surface area contributed by atoms with Gasteiger partial charge < -0.3 is 9.15 Å². The van der Waals surface area contributed by atoms with Gasteiger partial charge in [0.15, 0.2) is 11.4 Å². The van der Waals surface area contributed by atoms with Crippen molar-refractivity contribution in [1.82, 2.24) is 4.98 Å². The molecule has 4 nitrogen and oxygen atoms in total. The van der Waals surface area contributed by atoms with Crippen LogP contribution in [-0.4, -0.2) is 23.8 Å². The highest BCUT2D eigenvalue weighted by atomic mass is 35.5. The van der Waals surface area contributed by atoms with Gasteiger partial charge in [0.05, 0.1) is 13.0 Å². The summed E-state index contributed by atoms with van der Waals surface area (Å²) in [7, 11) is 1.47. The number of nitrogens with zero attached hydrogens (tertiary/aromatic N) is 1. The summed E-state index contributed by atoms with van der Waals surface area (Å²) < 4.78 is 10.1. The van der Waals surface area contributed by atoms with Crippen LogP contribution in [0.2, 0.25) is 0 Å². The summed E-state index contributed by atoms with van der Waals surface area (Å²) in [5.74, 6) is -0.189. The Kier molecular flexibility index (Phi) is 2.60. The third kappa shape index (κ3) is 1.80. The maximum atomic E-state index is 11.3. The summed E-state index contributed by atoms with van der Waals surface area (Å²) in [6.45, 7) is 0. The zero-order valence-electron chi connectivity index (χ0n) is 7.99. The highest BCUT2D eigenvalue weighted by Crippen LogP contribution is 2.21. The third-order valence-electron chi connectivity index (χ3n) is 1.99. The van der Waals surface area contributed by atoms with Gasteiger partial charge in [0.25, 0.3) is 0 Å². The molecule has 0 unspecified atom stereocenters. The number of alkyl halides is 1. The van der Waals surface area contributed by atoms with Crippen LogP contribution in [0.25, 0.3) is 11.1 Å². The van der Waals surface area contributed by atoms with E-state index in [1.165, 1.54) is 7.11 Å². The van der Waals surface area contributed by atoms with E-state index >= 15 is 0 Å². The summed E-state index contributed by atoms with van der Waals surface area (Å²) >= 11 is 5.45. The molecule has 0 aliphatic heterocycles. The summed E-state index contributed by atoms with van der Waals surface area (Å²) in [4.78, 5) is 15.3. The molecule has 0 amide bonds. The predicted octanol–water partition coefficient (Wildman–Crippen LogP) is 2.26. The Hall–Kier alpha value is -1.55. The van der Waals surface area contributed by atoms with E-state index < -0.39 is 0 Å². The molecule has 2 aromatic rings. The molecule has 0 fully saturated rings. The number of ether oxygens (including phenoxy) is 1. The molecule has 0 saturated carbocycles. The second-order valence-electron chi connectivity index (χ2n) is 2.92. The minimum absolute atomic E-state index is 0.0449. The van der Waals surface area contributed by atoms with Crippen molar-refractivity contribution >= 4 is 28.5 Å². The van der Waals surface area contributed by atoms with Crippen molar-refractivity contribution in [2.75, 3.05) is 13.0 Å². The van der Waals surface area contributed by atoms with Gasteiger partial charge in [-0.2, -0.15) is 4.98 Å². The molecule has 5 heteroatoms. The Balaban J connectivity index is 2.50. The Morgan fingerprint density at radius 2 is 2.40 bits per heavy atom. The number of halogens is 1. The number of oxazole rings is 1. The molecule has 0 spiro atoms. The summed E-state index contributed by atoms with van der Waals surface area (Å²) in [6.07, 6.45) is 0.181. The van der Waals surface area contributed by atoms with E-state index in [4.69, 9.17) is 20.8 Å². The van der Waals surface area contributed by atoms with E-state index in [-0.39, 0.29) is 17.7 Å². The molecule has 0 aliphatic carbocycles. The topological polar surface area (TPSA) is 52.3 Å². The first kappa shape index (κ1) is 9.98. The Morgan fingerprint density at radius 3 is 3.07 bits per heavy atom. The van der Waals surface area contributed by atoms with Gasteiger partial charge in [-0.05, 0) is 18.2 Å². The monoisotopic (exact) mass is 225 g/mol. The van der Waals surface area contributed by atoms with Gasteiger partial charge in [-0.1, -0.05) is 0 Å². The van der Waals surface area contributed by atoms with Crippen molar-refractivity contribution < 1.29 is 13.9 Å². The molecule has 78 valence electrons. The van der Waals surface area contributed by atoms with Gasteiger partial charge in [0.1, 0.15) is 5.52 Å². The van der Waals surface area contributed by atoms with Crippen LogP contribution in [0.1, 0.15) is 10.4 Å². The molecular formula is C10H8ClNO3. The Labute approximate surface area is 90.8 Å². The van der Waals surface area contributed by atoms with Crippen LogP contribution in [0.3, 0.4) is 0 Å². The SMILES string of the molecule is COc1nc2ccc(C(=O)CCl)cc2o1. The minimum Gasteiger partial charge on any atom is -0.453 e. The predicted molar refractivity (Wildman–Crippen MR) is 55.6 cm³/mol.